The van der Waals surface area contributed by atoms with E-state index in [2.05, 4.69) is 16.0 Å². The molecule has 132 valence electrons. The first-order valence-electron chi connectivity index (χ1n) is 7.24. The topological polar surface area (TPSA) is 90.5 Å². The lowest BCUT2D eigenvalue weighted by Gasteiger charge is -2.23. The lowest BCUT2D eigenvalue weighted by Crippen LogP contribution is -2.50. The predicted octanol–water partition coefficient (Wildman–Crippen LogP) is -0.741. The third kappa shape index (κ3) is 4.74. The summed E-state index contributed by atoms with van der Waals surface area (Å²) in [4.78, 5) is 36.9. The molecule has 0 spiro atoms. The number of halogens is 3. The van der Waals surface area contributed by atoms with E-state index in [0.717, 1.165) is 0 Å². The number of nitrogens with one attached hydrogen (secondary N) is 3. The zero-order valence-corrected chi connectivity index (χ0v) is 13.5. The highest BCUT2D eigenvalue weighted by molar-refractivity contribution is 5.91. The lowest BCUT2D eigenvalue weighted by atomic mass is 10.2. The van der Waals surface area contributed by atoms with E-state index in [4.69, 9.17) is 0 Å². The number of nitrogens with zero attached hydrogens (tertiary/aromatic N) is 1. The van der Waals surface area contributed by atoms with Crippen LogP contribution in [0.25, 0.3) is 0 Å². The second-order valence-corrected chi connectivity index (χ2v) is 5.57. The van der Waals surface area contributed by atoms with E-state index in [-0.39, 0.29) is 30.8 Å². The number of hydrogen-bond donors (Lipinski definition) is 3. The Morgan fingerprint density at radius 3 is 2.57 bits per heavy atom. The largest absolute Gasteiger partial charge is 0.357 e. The summed E-state index contributed by atoms with van der Waals surface area (Å²) in [5.74, 6) is -4.15. The van der Waals surface area contributed by atoms with Crippen LogP contribution in [-0.4, -0.2) is 67.3 Å². The Morgan fingerprint density at radius 2 is 2.00 bits per heavy atom. The molecule has 0 aromatic rings. The quantitative estimate of drug-likeness (QED) is 0.620. The van der Waals surface area contributed by atoms with Crippen LogP contribution in [0.5, 0.6) is 0 Å². The summed E-state index contributed by atoms with van der Waals surface area (Å²) in [6.07, 6.45) is 0.724. The summed E-state index contributed by atoms with van der Waals surface area (Å²) in [6.45, 7) is -0.382. The van der Waals surface area contributed by atoms with Gasteiger partial charge >= 0.3 is 0 Å². The van der Waals surface area contributed by atoms with Crippen molar-refractivity contribution in [2.45, 2.75) is 37.3 Å². The lowest BCUT2D eigenvalue weighted by molar-refractivity contribution is -0.138. The molecule has 0 aliphatic carbocycles. The third-order valence-corrected chi connectivity index (χ3v) is 3.96. The number of likely N-dealkylation sites (tertiary alicyclic amines) is 1. The monoisotopic (exact) mass is 354 g/mol. The average molecular weight is 355 g/mol. The number of carbonyl (C=O) groups excluding carboxylic acids is 3. The summed E-state index contributed by atoms with van der Waals surface area (Å²) in [6, 6.07) is -1.51. The van der Waals surface area contributed by atoms with Crippen molar-refractivity contribution in [3.8, 4) is 0 Å². The Balaban J connectivity index is 0.00000264. The van der Waals surface area contributed by atoms with Crippen molar-refractivity contribution in [3.63, 3.8) is 0 Å². The summed E-state index contributed by atoms with van der Waals surface area (Å²) in [5, 5.41) is 7.28. The fourth-order valence-electron chi connectivity index (χ4n) is 2.79. The highest BCUT2D eigenvalue weighted by atomic mass is 35.5. The number of hydrogen-bond acceptors (Lipinski definition) is 4. The van der Waals surface area contributed by atoms with Gasteiger partial charge in [-0.15, -0.1) is 12.4 Å². The molecule has 2 unspecified atom stereocenters. The van der Waals surface area contributed by atoms with E-state index in [1.54, 1.807) is 0 Å². The molecule has 0 aromatic carbocycles. The number of alkyl halides is 2. The van der Waals surface area contributed by atoms with E-state index in [9.17, 15) is 23.2 Å². The van der Waals surface area contributed by atoms with Gasteiger partial charge in [0.1, 0.15) is 6.04 Å². The molecule has 2 fully saturated rings. The molecule has 3 N–H and O–H groups in total. The SMILES string of the molecule is CNC(=O)C1CCCN1C(=O)CNC(=O)C1CC(F)(F)CN1.Cl. The molecule has 0 radical (unpaired) electrons. The molecule has 2 rings (SSSR count). The van der Waals surface area contributed by atoms with Crippen LogP contribution in [0, 0.1) is 0 Å². The standard InChI is InChI=1S/C13H20F2N4O3.ClH/c1-16-12(22)9-3-2-4-19(9)10(20)6-17-11(21)8-5-13(14,15)7-18-8;/h8-9,18H,2-7H2,1H3,(H,16,22)(H,17,21);1H. The van der Waals surface area contributed by atoms with Gasteiger partial charge in [-0.1, -0.05) is 0 Å². The van der Waals surface area contributed by atoms with Crippen LogP contribution in [0.15, 0.2) is 0 Å². The molecule has 23 heavy (non-hydrogen) atoms. The number of likely N-dealkylation sites (N-methyl/N-ethyl adjacent to an activating group) is 1. The first kappa shape index (κ1) is 19.6. The van der Waals surface area contributed by atoms with Gasteiger partial charge in [-0.2, -0.15) is 0 Å². The second kappa shape index (κ2) is 7.87. The van der Waals surface area contributed by atoms with Crippen LogP contribution in [0.4, 0.5) is 8.78 Å². The van der Waals surface area contributed by atoms with Crippen LogP contribution in [0.2, 0.25) is 0 Å². The molecule has 2 heterocycles. The molecule has 2 saturated heterocycles. The van der Waals surface area contributed by atoms with E-state index >= 15 is 0 Å². The molecule has 2 aliphatic rings. The fourth-order valence-corrected chi connectivity index (χ4v) is 2.79. The Hall–Kier alpha value is -1.48. The highest BCUT2D eigenvalue weighted by Crippen LogP contribution is 2.25. The van der Waals surface area contributed by atoms with Gasteiger partial charge in [-0.3, -0.25) is 19.7 Å². The van der Waals surface area contributed by atoms with Crippen LogP contribution >= 0.6 is 12.4 Å². The van der Waals surface area contributed by atoms with Gasteiger partial charge in [-0.25, -0.2) is 8.78 Å². The van der Waals surface area contributed by atoms with Crippen molar-refractivity contribution in [1.82, 2.24) is 20.9 Å². The van der Waals surface area contributed by atoms with E-state index in [0.29, 0.717) is 19.4 Å². The van der Waals surface area contributed by atoms with Gasteiger partial charge in [0.2, 0.25) is 17.7 Å². The molecule has 2 atom stereocenters. The predicted molar refractivity (Wildman–Crippen MR) is 80.4 cm³/mol. The van der Waals surface area contributed by atoms with E-state index < -0.39 is 36.9 Å². The summed E-state index contributed by atoms with van der Waals surface area (Å²) < 4.78 is 26.0. The molecule has 0 aromatic heterocycles. The van der Waals surface area contributed by atoms with Gasteiger partial charge in [0.25, 0.3) is 5.92 Å². The normalized spacial score (nSPS) is 25.6. The van der Waals surface area contributed by atoms with Crippen molar-refractivity contribution in [1.29, 1.82) is 0 Å². The van der Waals surface area contributed by atoms with Crippen LogP contribution < -0.4 is 16.0 Å². The molecule has 7 nitrogen and oxygen atoms in total. The Bertz CT molecular complexity index is 478. The number of carbonyl (C=O) groups is 3. The fraction of sp³-hybridized carbons (Fsp3) is 0.769. The van der Waals surface area contributed by atoms with Gasteiger partial charge in [0.05, 0.1) is 19.1 Å². The molecular formula is C13H21ClF2N4O3. The Kier molecular flexibility index (Phi) is 6.69. The first-order valence-corrected chi connectivity index (χ1v) is 7.24. The summed E-state index contributed by atoms with van der Waals surface area (Å²) in [7, 11) is 1.50. The maximum atomic E-state index is 13.0. The van der Waals surface area contributed by atoms with Gasteiger partial charge in [0, 0.05) is 20.0 Å². The minimum Gasteiger partial charge on any atom is -0.357 e. The van der Waals surface area contributed by atoms with Crippen LogP contribution in [0.1, 0.15) is 19.3 Å². The Morgan fingerprint density at radius 1 is 1.30 bits per heavy atom. The molecular weight excluding hydrogens is 334 g/mol. The van der Waals surface area contributed by atoms with Gasteiger partial charge in [-0.05, 0) is 12.8 Å². The Labute approximate surface area is 138 Å². The zero-order valence-electron chi connectivity index (χ0n) is 12.7. The van der Waals surface area contributed by atoms with Crippen molar-refractivity contribution in [3.05, 3.63) is 0 Å². The smallest absolute Gasteiger partial charge is 0.262 e. The van der Waals surface area contributed by atoms with E-state index in [1.807, 2.05) is 0 Å². The zero-order chi connectivity index (χ0) is 16.3. The molecule has 2 aliphatic heterocycles. The van der Waals surface area contributed by atoms with Gasteiger partial charge in [0.15, 0.2) is 0 Å². The van der Waals surface area contributed by atoms with Crippen LogP contribution in [-0.2, 0) is 14.4 Å². The average Bonchev–Trinajstić information content (AvgIpc) is 3.09. The van der Waals surface area contributed by atoms with E-state index in [1.165, 1.54) is 11.9 Å². The van der Waals surface area contributed by atoms with Crippen molar-refractivity contribution in [2.24, 2.45) is 0 Å². The van der Waals surface area contributed by atoms with Crippen molar-refractivity contribution < 1.29 is 23.2 Å². The minimum absolute atomic E-state index is 0. The molecule has 0 bridgehead atoms. The summed E-state index contributed by atoms with van der Waals surface area (Å²) >= 11 is 0. The summed E-state index contributed by atoms with van der Waals surface area (Å²) in [5.41, 5.74) is 0. The highest BCUT2D eigenvalue weighted by Gasteiger charge is 2.42. The minimum atomic E-state index is -2.90. The molecule has 10 heteroatoms. The van der Waals surface area contributed by atoms with Crippen molar-refractivity contribution in [2.75, 3.05) is 26.7 Å². The first-order chi connectivity index (χ1) is 10.3. The van der Waals surface area contributed by atoms with Gasteiger partial charge < -0.3 is 15.5 Å². The number of rotatable bonds is 4. The maximum Gasteiger partial charge on any atom is 0.262 e. The molecule has 3 amide bonds. The third-order valence-electron chi connectivity index (χ3n) is 3.96. The number of amides is 3. The second-order valence-electron chi connectivity index (χ2n) is 5.57. The van der Waals surface area contributed by atoms with Crippen LogP contribution in [0.3, 0.4) is 0 Å². The van der Waals surface area contributed by atoms with Crippen molar-refractivity contribution >= 4 is 30.1 Å². The maximum absolute atomic E-state index is 13.0. The molecule has 0 saturated carbocycles.